The van der Waals surface area contributed by atoms with Gasteiger partial charge in [0.25, 0.3) is 0 Å². The molecule has 2 heterocycles. The zero-order chi connectivity index (χ0) is 15.5. The van der Waals surface area contributed by atoms with Crippen LogP contribution in [-0.4, -0.2) is 35.7 Å². The maximum Gasteiger partial charge on any atom is 0.407 e. The molecule has 5 nitrogen and oxygen atoms in total. The van der Waals surface area contributed by atoms with Crippen LogP contribution in [0.15, 0.2) is 22.8 Å². The summed E-state index contributed by atoms with van der Waals surface area (Å²) < 4.78 is 10.8. The molecule has 2 rings (SSSR count). The van der Waals surface area contributed by atoms with E-state index < -0.39 is 5.60 Å². The van der Waals surface area contributed by atoms with Gasteiger partial charge in [0.05, 0.1) is 12.3 Å². The van der Waals surface area contributed by atoms with Gasteiger partial charge in [0.2, 0.25) is 0 Å². The molecule has 0 bridgehead atoms. The lowest BCUT2D eigenvalue weighted by Crippen LogP contribution is -2.42. The molecule has 1 aromatic heterocycles. The zero-order valence-corrected chi connectivity index (χ0v) is 13.4. The minimum atomic E-state index is -0.457. The van der Waals surface area contributed by atoms with E-state index in [1.54, 1.807) is 6.26 Å². The molecule has 0 aliphatic carbocycles. The fraction of sp³-hybridized carbons (Fsp3) is 0.688. The third kappa shape index (κ3) is 4.49. The first-order valence-corrected chi connectivity index (χ1v) is 7.63. The summed E-state index contributed by atoms with van der Waals surface area (Å²) in [5.41, 5.74) is -0.457. The van der Waals surface area contributed by atoms with Crippen molar-refractivity contribution in [2.45, 2.75) is 58.2 Å². The van der Waals surface area contributed by atoms with Gasteiger partial charge >= 0.3 is 6.09 Å². The van der Waals surface area contributed by atoms with Crippen LogP contribution in [0.2, 0.25) is 0 Å². The van der Waals surface area contributed by atoms with Crippen LogP contribution < -0.4 is 5.32 Å². The van der Waals surface area contributed by atoms with E-state index in [1.807, 2.05) is 32.9 Å². The Kier molecular flexibility index (Phi) is 4.93. The van der Waals surface area contributed by atoms with E-state index in [2.05, 4.69) is 17.1 Å². The van der Waals surface area contributed by atoms with Crippen molar-refractivity contribution in [3.8, 4) is 0 Å². The average Bonchev–Trinajstić information content (AvgIpc) is 3.05. The third-order valence-corrected chi connectivity index (χ3v) is 3.76. The SMILES string of the molecule is C[C@@H](c1ccco1)N1CCC[C@@H]1CNC(=O)OC(C)(C)C. The fourth-order valence-corrected chi connectivity index (χ4v) is 2.79. The second-order valence-corrected chi connectivity index (χ2v) is 6.61. The van der Waals surface area contributed by atoms with Crippen LogP contribution in [0.5, 0.6) is 0 Å². The van der Waals surface area contributed by atoms with Crippen LogP contribution >= 0.6 is 0 Å². The summed E-state index contributed by atoms with van der Waals surface area (Å²) in [6.45, 7) is 9.39. The summed E-state index contributed by atoms with van der Waals surface area (Å²) in [7, 11) is 0. The molecule has 21 heavy (non-hydrogen) atoms. The topological polar surface area (TPSA) is 54.7 Å². The fourth-order valence-electron chi connectivity index (χ4n) is 2.79. The van der Waals surface area contributed by atoms with Crippen molar-refractivity contribution in [2.75, 3.05) is 13.1 Å². The Bertz CT molecular complexity index is 451. The first-order chi connectivity index (χ1) is 9.87. The van der Waals surface area contributed by atoms with Crippen molar-refractivity contribution in [1.82, 2.24) is 10.2 Å². The lowest BCUT2D eigenvalue weighted by atomic mass is 10.1. The molecule has 118 valence electrons. The van der Waals surface area contributed by atoms with Gasteiger partial charge in [0.1, 0.15) is 11.4 Å². The predicted octanol–water partition coefficient (Wildman–Crippen LogP) is 3.33. The number of ether oxygens (including phenoxy) is 1. The van der Waals surface area contributed by atoms with Crippen LogP contribution in [0.25, 0.3) is 0 Å². The minimum absolute atomic E-state index is 0.230. The van der Waals surface area contributed by atoms with E-state index in [0.29, 0.717) is 12.6 Å². The average molecular weight is 294 g/mol. The summed E-state index contributed by atoms with van der Waals surface area (Å²) in [5.74, 6) is 0.971. The van der Waals surface area contributed by atoms with E-state index >= 15 is 0 Å². The van der Waals surface area contributed by atoms with E-state index in [4.69, 9.17) is 9.15 Å². The van der Waals surface area contributed by atoms with Crippen molar-refractivity contribution in [3.05, 3.63) is 24.2 Å². The number of furan rings is 1. The molecule has 0 spiro atoms. The number of nitrogens with zero attached hydrogens (tertiary/aromatic N) is 1. The molecule has 5 heteroatoms. The van der Waals surface area contributed by atoms with Crippen molar-refractivity contribution < 1.29 is 13.9 Å². The summed E-state index contributed by atoms with van der Waals surface area (Å²) in [6.07, 6.45) is 3.59. The van der Waals surface area contributed by atoms with Crippen molar-refractivity contribution >= 4 is 6.09 Å². The molecule has 1 aromatic rings. The third-order valence-electron chi connectivity index (χ3n) is 3.76. The smallest absolute Gasteiger partial charge is 0.407 e. The standard InChI is InChI=1S/C16H26N2O3/c1-12(14-8-6-10-20-14)18-9-5-7-13(18)11-17-15(19)21-16(2,3)4/h6,8,10,12-13H,5,7,9,11H2,1-4H3,(H,17,19)/t12-,13+/m0/s1. The van der Waals surface area contributed by atoms with E-state index in [9.17, 15) is 4.79 Å². The highest BCUT2D eigenvalue weighted by molar-refractivity contribution is 5.67. The second kappa shape index (κ2) is 6.52. The summed E-state index contributed by atoms with van der Waals surface area (Å²) in [5, 5.41) is 2.88. The molecular formula is C16H26N2O3. The zero-order valence-electron chi connectivity index (χ0n) is 13.4. The van der Waals surface area contributed by atoms with Crippen molar-refractivity contribution in [1.29, 1.82) is 0 Å². The Labute approximate surface area is 126 Å². The van der Waals surface area contributed by atoms with Gasteiger partial charge < -0.3 is 14.5 Å². The monoisotopic (exact) mass is 294 g/mol. The Balaban J connectivity index is 1.86. The molecule has 0 saturated carbocycles. The van der Waals surface area contributed by atoms with E-state index in [1.165, 1.54) is 0 Å². The Morgan fingerprint density at radius 3 is 2.95 bits per heavy atom. The molecule has 1 saturated heterocycles. The molecule has 0 unspecified atom stereocenters. The number of rotatable bonds is 4. The first kappa shape index (κ1) is 15.9. The predicted molar refractivity (Wildman–Crippen MR) is 81.1 cm³/mol. The molecule has 1 fully saturated rings. The first-order valence-electron chi connectivity index (χ1n) is 7.63. The quantitative estimate of drug-likeness (QED) is 0.925. The normalized spacial score (nSPS) is 21.2. The highest BCUT2D eigenvalue weighted by Gasteiger charge is 2.30. The molecule has 1 aliphatic heterocycles. The number of carbonyl (C=O) groups excluding carboxylic acids is 1. The van der Waals surface area contributed by atoms with E-state index in [-0.39, 0.29) is 12.1 Å². The number of amides is 1. The maximum atomic E-state index is 11.8. The van der Waals surface area contributed by atoms with Crippen molar-refractivity contribution in [3.63, 3.8) is 0 Å². The molecule has 0 aromatic carbocycles. The van der Waals surface area contributed by atoms with Crippen LogP contribution in [0.4, 0.5) is 4.79 Å². The largest absolute Gasteiger partial charge is 0.468 e. The van der Waals surface area contributed by atoms with Crippen LogP contribution in [0.1, 0.15) is 52.3 Å². The lowest BCUT2D eigenvalue weighted by molar-refractivity contribution is 0.0506. The molecule has 1 aliphatic rings. The lowest BCUT2D eigenvalue weighted by Gasteiger charge is -2.30. The van der Waals surface area contributed by atoms with Gasteiger partial charge in [-0.1, -0.05) is 0 Å². The van der Waals surface area contributed by atoms with Crippen molar-refractivity contribution in [2.24, 2.45) is 0 Å². The molecular weight excluding hydrogens is 268 g/mol. The Hall–Kier alpha value is -1.49. The number of hydrogen-bond donors (Lipinski definition) is 1. The van der Waals surface area contributed by atoms with Gasteiger partial charge in [-0.2, -0.15) is 0 Å². The molecule has 1 amide bonds. The van der Waals surface area contributed by atoms with Gasteiger partial charge in [0, 0.05) is 12.6 Å². The highest BCUT2D eigenvalue weighted by Crippen LogP contribution is 2.29. The summed E-state index contributed by atoms with van der Waals surface area (Å²) >= 11 is 0. The highest BCUT2D eigenvalue weighted by atomic mass is 16.6. The minimum Gasteiger partial charge on any atom is -0.468 e. The Morgan fingerprint density at radius 1 is 1.57 bits per heavy atom. The van der Waals surface area contributed by atoms with Crippen LogP contribution in [-0.2, 0) is 4.74 Å². The van der Waals surface area contributed by atoms with Gasteiger partial charge in [-0.15, -0.1) is 0 Å². The Morgan fingerprint density at radius 2 is 2.33 bits per heavy atom. The molecule has 0 radical (unpaired) electrons. The molecule has 2 atom stereocenters. The summed E-state index contributed by atoms with van der Waals surface area (Å²) in [6, 6.07) is 4.47. The number of alkyl carbamates (subject to hydrolysis) is 1. The van der Waals surface area contributed by atoms with E-state index in [0.717, 1.165) is 25.1 Å². The van der Waals surface area contributed by atoms with Gasteiger partial charge in [-0.05, 0) is 59.2 Å². The number of carbonyl (C=O) groups is 1. The van der Waals surface area contributed by atoms with Gasteiger partial charge in [-0.25, -0.2) is 4.79 Å². The number of nitrogens with one attached hydrogen (secondary N) is 1. The number of hydrogen-bond acceptors (Lipinski definition) is 4. The van der Waals surface area contributed by atoms with Crippen LogP contribution in [0.3, 0.4) is 0 Å². The summed E-state index contributed by atoms with van der Waals surface area (Å²) in [4.78, 5) is 14.1. The second-order valence-electron chi connectivity index (χ2n) is 6.61. The molecule has 1 N–H and O–H groups in total. The van der Waals surface area contributed by atoms with Gasteiger partial charge in [-0.3, -0.25) is 4.90 Å². The van der Waals surface area contributed by atoms with Gasteiger partial charge in [0.15, 0.2) is 0 Å². The van der Waals surface area contributed by atoms with Crippen LogP contribution in [0, 0.1) is 0 Å². The maximum absolute atomic E-state index is 11.8. The number of likely N-dealkylation sites (tertiary alicyclic amines) is 1.